The standard InChI is InChI=1S/C19H18O5/c1-10(2)8-9-12-16(21)14-15(20)11-6-4-5-7-13(11)24-19(14)17(22)18(12)23-3/h4-8,21-22H,9H2,1-3H3. The molecule has 3 aromatic rings. The first-order chi connectivity index (χ1) is 11.5. The van der Waals surface area contributed by atoms with Gasteiger partial charge in [-0.3, -0.25) is 4.79 Å². The highest BCUT2D eigenvalue weighted by atomic mass is 16.5. The summed E-state index contributed by atoms with van der Waals surface area (Å²) < 4.78 is 10.9. The van der Waals surface area contributed by atoms with Gasteiger partial charge in [-0.25, -0.2) is 0 Å². The zero-order valence-corrected chi connectivity index (χ0v) is 13.7. The molecule has 0 aliphatic rings. The van der Waals surface area contributed by atoms with Gasteiger partial charge in [0.1, 0.15) is 16.7 Å². The van der Waals surface area contributed by atoms with Crippen LogP contribution in [0.15, 0.2) is 45.1 Å². The van der Waals surface area contributed by atoms with Gasteiger partial charge >= 0.3 is 0 Å². The Hall–Kier alpha value is -2.95. The number of ether oxygens (including phenoxy) is 1. The van der Waals surface area contributed by atoms with E-state index in [1.807, 2.05) is 19.9 Å². The first-order valence-electron chi connectivity index (χ1n) is 7.55. The Labute approximate surface area is 138 Å². The maximum Gasteiger partial charge on any atom is 0.204 e. The minimum Gasteiger partial charge on any atom is -0.507 e. The van der Waals surface area contributed by atoms with Crippen LogP contribution in [0.5, 0.6) is 17.2 Å². The molecule has 24 heavy (non-hydrogen) atoms. The van der Waals surface area contributed by atoms with E-state index in [1.165, 1.54) is 7.11 Å². The van der Waals surface area contributed by atoms with E-state index in [0.717, 1.165) is 5.57 Å². The van der Waals surface area contributed by atoms with Gasteiger partial charge < -0.3 is 19.4 Å². The van der Waals surface area contributed by atoms with Crippen LogP contribution in [0.3, 0.4) is 0 Å². The molecule has 0 aliphatic carbocycles. The highest BCUT2D eigenvalue weighted by Gasteiger charge is 2.24. The molecule has 0 atom stereocenters. The van der Waals surface area contributed by atoms with Crippen LogP contribution in [0.25, 0.3) is 21.9 Å². The van der Waals surface area contributed by atoms with Gasteiger partial charge in [-0.15, -0.1) is 0 Å². The van der Waals surface area contributed by atoms with E-state index in [4.69, 9.17) is 9.15 Å². The molecular weight excluding hydrogens is 308 g/mol. The summed E-state index contributed by atoms with van der Waals surface area (Å²) in [6.07, 6.45) is 2.21. The predicted octanol–water partition coefficient (Wildman–Crippen LogP) is 3.87. The molecule has 0 unspecified atom stereocenters. The third-order valence-electron chi connectivity index (χ3n) is 3.94. The van der Waals surface area contributed by atoms with Crippen molar-refractivity contribution in [2.75, 3.05) is 7.11 Å². The number of hydrogen-bond donors (Lipinski definition) is 2. The second-order valence-corrected chi connectivity index (χ2v) is 5.83. The first kappa shape index (κ1) is 15.9. The molecule has 0 radical (unpaired) electrons. The lowest BCUT2D eigenvalue weighted by molar-refractivity contribution is 0.363. The number of methoxy groups -OCH3 is 1. The first-order valence-corrected chi connectivity index (χ1v) is 7.55. The summed E-state index contributed by atoms with van der Waals surface area (Å²) in [5.74, 6) is -0.405. The summed E-state index contributed by atoms with van der Waals surface area (Å²) in [5, 5.41) is 21.5. The Morgan fingerprint density at radius 3 is 2.58 bits per heavy atom. The maximum atomic E-state index is 12.8. The number of aromatic hydroxyl groups is 2. The van der Waals surface area contributed by atoms with Crippen molar-refractivity contribution in [1.82, 2.24) is 0 Å². The molecule has 0 saturated carbocycles. The number of hydrogen-bond acceptors (Lipinski definition) is 5. The third-order valence-corrected chi connectivity index (χ3v) is 3.94. The summed E-state index contributed by atoms with van der Waals surface area (Å²) >= 11 is 0. The van der Waals surface area contributed by atoms with Crippen LogP contribution in [-0.2, 0) is 6.42 Å². The fourth-order valence-corrected chi connectivity index (χ4v) is 2.74. The zero-order valence-electron chi connectivity index (χ0n) is 13.7. The van der Waals surface area contributed by atoms with Gasteiger partial charge in [0.25, 0.3) is 0 Å². The van der Waals surface area contributed by atoms with Crippen LogP contribution >= 0.6 is 0 Å². The van der Waals surface area contributed by atoms with Crippen molar-refractivity contribution >= 4 is 21.9 Å². The van der Waals surface area contributed by atoms with E-state index < -0.39 is 0 Å². The molecule has 2 aromatic carbocycles. The number of phenolic OH excluding ortho intramolecular Hbond substituents is 2. The number of rotatable bonds is 3. The Morgan fingerprint density at radius 2 is 1.92 bits per heavy atom. The van der Waals surface area contributed by atoms with Crippen LogP contribution in [-0.4, -0.2) is 17.3 Å². The molecule has 0 spiro atoms. The quantitative estimate of drug-likeness (QED) is 0.434. The topological polar surface area (TPSA) is 79.9 Å². The lowest BCUT2D eigenvalue weighted by Crippen LogP contribution is -2.05. The molecule has 1 aromatic heterocycles. The lowest BCUT2D eigenvalue weighted by Gasteiger charge is -2.14. The van der Waals surface area contributed by atoms with Crippen LogP contribution in [0.1, 0.15) is 19.4 Å². The molecular formula is C19H18O5. The van der Waals surface area contributed by atoms with E-state index in [1.54, 1.807) is 24.3 Å². The minimum atomic E-state index is -0.388. The highest BCUT2D eigenvalue weighted by molar-refractivity contribution is 5.98. The van der Waals surface area contributed by atoms with E-state index in [-0.39, 0.29) is 33.6 Å². The van der Waals surface area contributed by atoms with Crippen LogP contribution in [0.2, 0.25) is 0 Å². The van der Waals surface area contributed by atoms with Gasteiger partial charge in [0.05, 0.1) is 12.5 Å². The number of benzene rings is 2. The van der Waals surface area contributed by atoms with Crippen molar-refractivity contribution in [1.29, 1.82) is 0 Å². The molecule has 0 amide bonds. The van der Waals surface area contributed by atoms with Gasteiger partial charge in [0.2, 0.25) is 11.2 Å². The van der Waals surface area contributed by atoms with E-state index >= 15 is 0 Å². The molecule has 0 saturated heterocycles. The minimum absolute atomic E-state index is 0.0378. The summed E-state index contributed by atoms with van der Waals surface area (Å²) in [6, 6.07) is 6.71. The molecule has 0 aliphatic heterocycles. The van der Waals surface area contributed by atoms with Crippen LogP contribution in [0, 0.1) is 0 Å². The van der Waals surface area contributed by atoms with Crippen molar-refractivity contribution in [2.45, 2.75) is 20.3 Å². The number of phenols is 2. The Morgan fingerprint density at radius 1 is 1.21 bits per heavy atom. The molecule has 5 nitrogen and oxygen atoms in total. The summed E-state index contributed by atoms with van der Waals surface area (Å²) in [4.78, 5) is 12.8. The molecule has 1 heterocycles. The van der Waals surface area contributed by atoms with E-state index in [0.29, 0.717) is 23.0 Å². The SMILES string of the molecule is COc1c(CC=C(C)C)c(O)c2c(=O)c3ccccc3oc2c1O. The van der Waals surface area contributed by atoms with Crippen LogP contribution < -0.4 is 10.2 Å². The normalized spacial score (nSPS) is 11.0. The largest absolute Gasteiger partial charge is 0.507 e. The van der Waals surface area contributed by atoms with E-state index in [9.17, 15) is 15.0 Å². The van der Waals surface area contributed by atoms with Gasteiger partial charge in [0.15, 0.2) is 11.3 Å². The maximum absolute atomic E-state index is 12.8. The summed E-state index contributed by atoms with van der Waals surface area (Å²) in [6.45, 7) is 3.85. The monoisotopic (exact) mass is 326 g/mol. The predicted molar refractivity (Wildman–Crippen MR) is 93.0 cm³/mol. The van der Waals surface area contributed by atoms with Gasteiger partial charge in [-0.1, -0.05) is 23.8 Å². The summed E-state index contributed by atoms with van der Waals surface area (Å²) in [5.41, 5.74) is 1.27. The molecule has 2 N–H and O–H groups in total. The molecule has 0 bridgehead atoms. The third kappa shape index (κ3) is 2.38. The fourth-order valence-electron chi connectivity index (χ4n) is 2.74. The van der Waals surface area contributed by atoms with Crippen molar-refractivity contribution in [2.24, 2.45) is 0 Å². The molecule has 0 fully saturated rings. The van der Waals surface area contributed by atoms with Crippen LogP contribution in [0.4, 0.5) is 0 Å². The highest BCUT2D eigenvalue weighted by Crippen LogP contribution is 2.44. The van der Waals surface area contributed by atoms with Gasteiger partial charge in [0, 0.05) is 5.56 Å². The van der Waals surface area contributed by atoms with Crippen molar-refractivity contribution in [3.05, 3.63) is 51.7 Å². The number of fused-ring (bicyclic) bond motifs is 2. The van der Waals surface area contributed by atoms with Crippen molar-refractivity contribution in [3.63, 3.8) is 0 Å². The van der Waals surface area contributed by atoms with Gasteiger partial charge in [-0.05, 0) is 32.4 Å². The number of allylic oxidation sites excluding steroid dienone is 2. The average molecular weight is 326 g/mol. The second-order valence-electron chi connectivity index (χ2n) is 5.83. The molecule has 124 valence electrons. The van der Waals surface area contributed by atoms with E-state index in [2.05, 4.69) is 0 Å². The Bertz CT molecular complexity index is 1020. The average Bonchev–Trinajstić information content (AvgIpc) is 2.56. The summed E-state index contributed by atoms with van der Waals surface area (Å²) in [7, 11) is 1.39. The van der Waals surface area contributed by atoms with Gasteiger partial charge in [-0.2, -0.15) is 0 Å². The lowest BCUT2D eigenvalue weighted by atomic mass is 10.0. The smallest absolute Gasteiger partial charge is 0.204 e. The zero-order chi connectivity index (χ0) is 17.4. The fraction of sp³-hybridized carbons (Fsp3) is 0.211. The number of para-hydroxylation sites is 1. The van der Waals surface area contributed by atoms with Crippen molar-refractivity contribution < 1.29 is 19.4 Å². The Kier molecular flexibility index (Phi) is 3.93. The molecule has 3 rings (SSSR count). The second kappa shape index (κ2) is 5.92. The molecule has 5 heteroatoms. The Balaban J connectivity index is 2.48. The van der Waals surface area contributed by atoms with Crippen molar-refractivity contribution in [3.8, 4) is 17.2 Å².